The van der Waals surface area contributed by atoms with Gasteiger partial charge in [-0.15, -0.1) is 0 Å². The van der Waals surface area contributed by atoms with Crippen LogP contribution >= 0.6 is 15.9 Å². The lowest BCUT2D eigenvalue weighted by atomic mass is 10.2. The number of nitrogens with zero attached hydrogens (tertiary/aromatic N) is 1. The van der Waals surface area contributed by atoms with E-state index in [2.05, 4.69) is 21.2 Å². The highest BCUT2D eigenvalue weighted by molar-refractivity contribution is 9.10. The maximum Gasteiger partial charge on any atom is 0.293 e. The van der Waals surface area contributed by atoms with Crippen LogP contribution in [0.2, 0.25) is 0 Å². The monoisotopic (exact) mass is 385 g/mol. The molecule has 0 amide bonds. The predicted molar refractivity (Wildman–Crippen MR) is 85.9 cm³/mol. The Labute approximate surface area is 135 Å². The molecule has 2 aromatic carbocycles. The van der Waals surface area contributed by atoms with Crippen molar-refractivity contribution in [2.24, 2.45) is 5.14 Å². The van der Waals surface area contributed by atoms with Gasteiger partial charge in [-0.2, -0.15) is 0 Å². The zero-order valence-corrected chi connectivity index (χ0v) is 13.6. The molecule has 2 aromatic rings. The molecule has 0 aromatic heterocycles. The van der Waals surface area contributed by atoms with Crippen LogP contribution in [0, 0.1) is 10.1 Å². The quantitative estimate of drug-likeness (QED) is 0.606. The predicted octanol–water partition coefficient (Wildman–Crippen LogP) is 2.62. The van der Waals surface area contributed by atoms with Gasteiger partial charge < -0.3 is 5.32 Å². The van der Waals surface area contributed by atoms with Crippen molar-refractivity contribution in [1.29, 1.82) is 0 Å². The first-order valence-corrected chi connectivity index (χ1v) is 8.41. The van der Waals surface area contributed by atoms with Crippen LogP contribution in [0.3, 0.4) is 0 Å². The summed E-state index contributed by atoms with van der Waals surface area (Å²) in [5.41, 5.74) is 0.803. The summed E-state index contributed by atoms with van der Waals surface area (Å²) in [6.45, 7) is 0.364. The number of sulfonamides is 1. The molecule has 0 aliphatic heterocycles. The molecule has 0 radical (unpaired) electrons. The lowest BCUT2D eigenvalue weighted by Gasteiger charge is -2.08. The van der Waals surface area contributed by atoms with Crippen LogP contribution in [0.1, 0.15) is 5.56 Å². The molecule has 0 atom stereocenters. The lowest BCUT2D eigenvalue weighted by molar-refractivity contribution is -0.384. The molecule has 22 heavy (non-hydrogen) atoms. The van der Waals surface area contributed by atoms with E-state index in [9.17, 15) is 18.5 Å². The minimum atomic E-state index is -3.98. The normalized spacial score (nSPS) is 11.2. The molecule has 0 fully saturated rings. The highest BCUT2D eigenvalue weighted by atomic mass is 79.9. The fraction of sp³-hybridized carbons (Fsp3) is 0.0769. The minimum Gasteiger partial charge on any atom is -0.375 e. The molecule has 0 aliphatic carbocycles. The van der Waals surface area contributed by atoms with Gasteiger partial charge in [-0.3, -0.25) is 10.1 Å². The smallest absolute Gasteiger partial charge is 0.293 e. The maximum absolute atomic E-state index is 11.3. The van der Waals surface area contributed by atoms with Crippen molar-refractivity contribution in [3.63, 3.8) is 0 Å². The van der Waals surface area contributed by atoms with Gasteiger partial charge in [0.15, 0.2) is 0 Å². The number of halogens is 1. The number of nitrogens with two attached hydrogens (primary N) is 1. The van der Waals surface area contributed by atoms with Crippen LogP contribution in [-0.4, -0.2) is 13.3 Å². The summed E-state index contributed by atoms with van der Waals surface area (Å²) in [4.78, 5) is 10.1. The number of hydrogen-bond donors (Lipinski definition) is 2. The Morgan fingerprint density at radius 3 is 2.36 bits per heavy atom. The van der Waals surface area contributed by atoms with Gasteiger partial charge in [-0.05, 0) is 29.8 Å². The van der Waals surface area contributed by atoms with Crippen LogP contribution in [0.5, 0.6) is 0 Å². The van der Waals surface area contributed by atoms with E-state index < -0.39 is 14.9 Å². The summed E-state index contributed by atoms with van der Waals surface area (Å²) >= 11 is 3.32. The third-order valence-electron chi connectivity index (χ3n) is 2.89. The summed E-state index contributed by atoms with van der Waals surface area (Å²) in [5, 5.41) is 19.0. The average molecular weight is 386 g/mol. The Hall–Kier alpha value is -1.97. The first-order valence-electron chi connectivity index (χ1n) is 6.07. The number of anilines is 1. The Bertz CT molecular complexity index is 807. The van der Waals surface area contributed by atoms with Gasteiger partial charge in [0.05, 0.1) is 9.82 Å². The second-order valence-corrected chi connectivity index (χ2v) is 6.94. The summed E-state index contributed by atoms with van der Waals surface area (Å²) in [7, 11) is -3.98. The summed E-state index contributed by atoms with van der Waals surface area (Å²) < 4.78 is 23.5. The van der Waals surface area contributed by atoms with Crippen molar-refractivity contribution >= 4 is 37.3 Å². The van der Waals surface area contributed by atoms with E-state index in [-0.39, 0.29) is 16.3 Å². The molecule has 2 rings (SSSR count). The van der Waals surface area contributed by atoms with E-state index in [1.54, 1.807) is 0 Å². The van der Waals surface area contributed by atoms with Crippen molar-refractivity contribution in [2.75, 3.05) is 5.32 Å². The van der Waals surface area contributed by atoms with Gasteiger partial charge in [-0.25, -0.2) is 13.6 Å². The summed E-state index contributed by atoms with van der Waals surface area (Å²) in [6, 6.07) is 10.9. The fourth-order valence-electron chi connectivity index (χ4n) is 1.79. The topological polar surface area (TPSA) is 115 Å². The van der Waals surface area contributed by atoms with Crippen LogP contribution in [0.4, 0.5) is 11.4 Å². The number of nitro groups is 1. The molecule has 116 valence electrons. The molecular formula is C13H12BrN3O4S. The fourth-order valence-corrected chi connectivity index (χ4v) is 2.59. The molecule has 0 unspecified atom stereocenters. The summed E-state index contributed by atoms with van der Waals surface area (Å²) in [5.74, 6) is 0. The average Bonchev–Trinajstić information content (AvgIpc) is 2.45. The second kappa shape index (κ2) is 6.42. The molecule has 0 bridgehead atoms. The molecule has 0 saturated heterocycles. The van der Waals surface area contributed by atoms with E-state index >= 15 is 0 Å². The summed E-state index contributed by atoms with van der Waals surface area (Å²) in [6.07, 6.45) is 0. The van der Waals surface area contributed by atoms with Gasteiger partial charge >= 0.3 is 0 Å². The maximum atomic E-state index is 11.3. The molecule has 3 N–H and O–H groups in total. The van der Waals surface area contributed by atoms with E-state index in [1.807, 2.05) is 24.3 Å². The largest absolute Gasteiger partial charge is 0.375 e. The molecule has 7 nitrogen and oxygen atoms in total. The van der Waals surface area contributed by atoms with Crippen LogP contribution in [0.15, 0.2) is 51.8 Å². The number of hydrogen-bond acceptors (Lipinski definition) is 5. The number of nitrogens with one attached hydrogen (secondary N) is 1. The van der Waals surface area contributed by atoms with E-state index in [1.165, 1.54) is 12.1 Å². The van der Waals surface area contributed by atoms with E-state index in [0.717, 1.165) is 16.1 Å². The zero-order valence-electron chi connectivity index (χ0n) is 11.2. The van der Waals surface area contributed by atoms with E-state index in [4.69, 9.17) is 5.14 Å². The first kappa shape index (κ1) is 16.4. The molecule has 0 spiro atoms. The second-order valence-electron chi connectivity index (χ2n) is 4.46. The van der Waals surface area contributed by atoms with Gasteiger partial charge in [0.1, 0.15) is 5.69 Å². The molecule has 0 heterocycles. The van der Waals surface area contributed by atoms with Crippen LogP contribution in [0.25, 0.3) is 0 Å². The van der Waals surface area contributed by atoms with Gasteiger partial charge in [0.2, 0.25) is 10.0 Å². The Balaban J connectivity index is 2.27. The Kier molecular flexibility index (Phi) is 4.79. The van der Waals surface area contributed by atoms with Crippen molar-refractivity contribution < 1.29 is 13.3 Å². The number of rotatable bonds is 5. The van der Waals surface area contributed by atoms with Crippen molar-refractivity contribution in [1.82, 2.24) is 0 Å². The van der Waals surface area contributed by atoms with Crippen molar-refractivity contribution in [2.45, 2.75) is 11.4 Å². The zero-order chi connectivity index (χ0) is 16.3. The van der Waals surface area contributed by atoms with Gasteiger partial charge in [0, 0.05) is 17.1 Å². The number of primary sulfonamides is 1. The first-order chi connectivity index (χ1) is 10.3. The highest BCUT2D eigenvalue weighted by Crippen LogP contribution is 2.27. The molecule has 9 heteroatoms. The minimum absolute atomic E-state index is 0.223. The van der Waals surface area contributed by atoms with Crippen LogP contribution in [-0.2, 0) is 16.6 Å². The molecule has 0 aliphatic rings. The highest BCUT2D eigenvalue weighted by Gasteiger charge is 2.18. The van der Waals surface area contributed by atoms with E-state index in [0.29, 0.717) is 6.54 Å². The lowest BCUT2D eigenvalue weighted by Crippen LogP contribution is -2.13. The molecular weight excluding hydrogens is 374 g/mol. The Morgan fingerprint density at radius 2 is 1.82 bits per heavy atom. The number of benzene rings is 2. The standard InChI is InChI=1S/C13H12BrN3O4S/c14-10-3-1-9(2-4-10)8-16-12-6-5-11(22(15,20)21)7-13(12)17(18)19/h1-7,16H,8H2,(H2,15,20,21). The third-order valence-corrected chi connectivity index (χ3v) is 4.33. The number of nitro benzene ring substituents is 1. The SMILES string of the molecule is NS(=O)(=O)c1ccc(NCc2ccc(Br)cc2)c([N+](=O)[O-])c1. The van der Waals surface area contributed by atoms with Crippen LogP contribution < -0.4 is 10.5 Å². The third kappa shape index (κ3) is 4.03. The Morgan fingerprint density at radius 1 is 1.18 bits per heavy atom. The molecule has 0 saturated carbocycles. The van der Waals surface area contributed by atoms with Crippen molar-refractivity contribution in [3.8, 4) is 0 Å². The van der Waals surface area contributed by atoms with Crippen molar-refractivity contribution in [3.05, 3.63) is 62.6 Å². The van der Waals surface area contributed by atoms with Gasteiger partial charge in [-0.1, -0.05) is 28.1 Å². The van der Waals surface area contributed by atoms with Gasteiger partial charge in [0.25, 0.3) is 5.69 Å².